The van der Waals surface area contributed by atoms with E-state index in [-0.39, 0.29) is 5.91 Å². The van der Waals surface area contributed by atoms with Crippen molar-refractivity contribution in [3.8, 4) is 0 Å². The summed E-state index contributed by atoms with van der Waals surface area (Å²) in [6, 6.07) is 12.9. The molecular weight excluding hydrogens is 284 g/mol. The molecule has 0 N–H and O–H groups in total. The quantitative estimate of drug-likeness (QED) is 0.812. The van der Waals surface area contributed by atoms with E-state index in [9.17, 15) is 4.79 Å². The highest BCUT2D eigenvalue weighted by Gasteiger charge is 2.14. The van der Waals surface area contributed by atoms with Gasteiger partial charge in [0.2, 0.25) is 0 Å². The van der Waals surface area contributed by atoms with Crippen LogP contribution in [0.1, 0.15) is 29.4 Å². The summed E-state index contributed by atoms with van der Waals surface area (Å²) in [5.74, 6) is 0.0458. The van der Waals surface area contributed by atoms with Crippen molar-refractivity contribution in [3.05, 3.63) is 64.9 Å². The molecule has 1 aromatic carbocycles. The van der Waals surface area contributed by atoms with Gasteiger partial charge in [0.05, 0.1) is 0 Å². The second kappa shape index (κ2) is 7.79. The van der Waals surface area contributed by atoms with Gasteiger partial charge in [-0.05, 0) is 42.8 Å². The molecule has 110 valence electrons. The standard InChI is InChI=1S/C17H19ClN2O/c1-2-12-20(13-10-16-5-3-4-11-19-16)17(21)14-6-8-15(18)9-7-14/h3-9,11H,2,10,12-13H2,1H3. The first-order chi connectivity index (χ1) is 10.2. The summed E-state index contributed by atoms with van der Waals surface area (Å²) in [6.07, 6.45) is 3.47. The molecule has 0 unspecified atom stereocenters. The fourth-order valence-corrected chi connectivity index (χ4v) is 2.28. The lowest BCUT2D eigenvalue weighted by Crippen LogP contribution is -2.33. The molecule has 2 rings (SSSR count). The topological polar surface area (TPSA) is 33.2 Å². The van der Waals surface area contributed by atoms with Gasteiger partial charge in [0.25, 0.3) is 5.91 Å². The number of hydrogen-bond acceptors (Lipinski definition) is 2. The van der Waals surface area contributed by atoms with Crippen LogP contribution in [-0.4, -0.2) is 28.9 Å². The average Bonchev–Trinajstić information content (AvgIpc) is 2.52. The predicted octanol–water partition coefficient (Wildman–Crippen LogP) is 3.83. The Bertz CT molecular complexity index is 569. The van der Waals surface area contributed by atoms with E-state index in [2.05, 4.69) is 11.9 Å². The van der Waals surface area contributed by atoms with Gasteiger partial charge in [0.1, 0.15) is 0 Å². The molecule has 0 aliphatic rings. The van der Waals surface area contributed by atoms with Gasteiger partial charge in [-0.3, -0.25) is 9.78 Å². The van der Waals surface area contributed by atoms with Crippen molar-refractivity contribution in [3.63, 3.8) is 0 Å². The largest absolute Gasteiger partial charge is 0.338 e. The Labute approximate surface area is 130 Å². The monoisotopic (exact) mass is 302 g/mol. The fraction of sp³-hybridized carbons (Fsp3) is 0.294. The molecule has 0 fully saturated rings. The minimum Gasteiger partial charge on any atom is -0.338 e. The number of benzene rings is 1. The van der Waals surface area contributed by atoms with E-state index in [1.165, 1.54) is 0 Å². The van der Waals surface area contributed by atoms with Gasteiger partial charge >= 0.3 is 0 Å². The maximum absolute atomic E-state index is 12.5. The number of halogens is 1. The number of carbonyl (C=O) groups excluding carboxylic acids is 1. The Morgan fingerprint density at radius 2 is 1.90 bits per heavy atom. The van der Waals surface area contributed by atoms with Gasteiger partial charge in [-0.1, -0.05) is 24.6 Å². The Morgan fingerprint density at radius 3 is 2.52 bits per heavy atom. The molecule has 1 amide bonds. The molecule has 0 aliphatic heterocycles. The number of hydrogen-bond donors (Lipinski definition) is 0. The van der Waals surface area contributed by atoms with Gasteiger partial charge < -0.3 is 4.90 Å². The number of aromatic nitrogens is 1. The smallest absolute Gasteiger partial charge is 0.253 e. The SMILES string of the molecule is CCCN(CCc1ccccn1)C(=O)c1ccc(Cl)cc1. The molecule has 1 heterocycles. The van der Waals surface area contributed by atoms with Crippen LogP contribution in [-0.2, 0) is 6.42 Å². The Balaban J connectivity index is 2.03. The molecular formula is C17H19ClN2O. The summed E-state index contributed by atoms with van der Waals surface area (Å²) in [7, 11) is 0. The van der Waals surface area contributed by atoms with Crippen LogP contribution in [0.25, 0.3) is 0 Å². The molecule has 21 heavy (non-hydrogen) atoms. The third kappa shape index (κ3) is 4.57. The Hall–Kier alpha value is -1.87. The summed E-state index contributed by atoms with van der Waals surface area (Å²) in [6.45, 7) is 3.49. The van der Waals surface area contributed by atoms with E-state index in [0.29, 0.717) is 17.1 Å². The third-order valence-electron chi connectivity index (χ3n) is 3.24. The molecule has 1 aromatic heterocycles. The zero-order valence-electron chi connectivity index (χ0n) is 12.1. The summed E-state index contributed by atoms with van der Waals surface area (Å²) < 4.78 is 0. The number of rotatable bonds is 6. The number of pyridine rings is 1. The van der Waals surface area contributed by atoms with Crippen molar-refractivity contribution in [1.82, 2.24) is 9.88 Å². The molecule has 0 aliphatic carbocycles. The summed E-state index contributed by atoms with van der Waals surface area (Å²) in [5.41, 5.74) is 1.68. The minimum absolute atomic E-state index is 0.0458. The average molecular weight is 303 g/mol. The minimum atomic E-state index is 0.0458. The summed E-state index contributed by atoms with van der Waals surface area (Å²) >= 11 is 5.87. The van der Waals surface area contributed by atoms with Gasteiger partial charge in [0, 0.05) is 42.0 Å². The van der Waals surface area contributed by atoms with Crippen LogP contribution < -0.4 is 0 Å². The Morgan fingerprint density at radius 1 is 1.14 bits per heavy atom. The van der Waals surface area contributed by atoms with Crippen LogP contribution >= 0.6 is 11.6 Å². The van der Waals surface area contributed by atoms with Crippen LogP contribution in [0.15, 0.2) is 48.7 Å². The first-order valence-electron chi connectivity index (χ1n) is 7.15. The van der Waals surface area contributed by atoms with Crippen LogP contribution in [0.2, 0.25) is 5.02 Å². The van der Waals surface area contributed by atoms with Crippen molar-refractivity contribution >= 4 is 17.5 Å². The molecule has 0 saturated carbocycles. The predicted molar refractivity (Wildman–Crippen MR) is 85.6 cm³/mol. The van der Waals surface area contributed by atoms with Crippen molar-refractivity contribution in [2.45, 2.75) is 19.8 Å². The lowest BCUT2D eigenvalue weighted by molar-refractivity contribution is 0.0757. The lowest BCUT2D eigenvalue weighted by atomic mass is 10.1. The van der Waals surface area contributed by atoms with Crippen molar-refractivity contribution in [2.24, 2.45) is 0 Å². The second-order valence-corrected chi connectivity index (χ2v) is 5.31. The number of amides is 1. The van der Waals surface area contributed by atoms with Crippen LogP contribution in [0.4, 0.5) is 0 Å². The maximum Gasteiger partial charge on any atom is 0.253 e. The Kier molecular flexibility index (Phi) is 5.76. The zero-order valence-corrected chi connectivity index (χ0v) is 12.9. The molecule has 2 aromatic rings. The van der Waals surface area contributed by atoms with Gasteiger partial charge in [-0.25, -0.2) is 0 Å². The van der Waals surface area contributed by atoms with Crippen LogP contribution in [0, 0.1) is 0 Å². The van der Waals surface area contributed by atoms with Crippen molar-refractivity contribution < 1.29 is 4.79 Å². The second-order valence-electron chi connectivity index (χ2n) is 4.87. The summed E-state index contributed by atoms with van der Waals surface area (Å²) in [5, 5.41) is 0.641. The van der Waals surface area contributed by atoms with Crippen molar-refractivity contribution in [2.75, 3.05) is 13.1 Å². The van der Waals surface area contributed by atoms with E-state index in [4.69, 9.17) is 11.6 Å². The number of carbonyl (C=O) groups is 1. The molecule has 0 bridgehead atoms. The highest BCUT2D eigenvalue weighted by molar-refractivity contribution is 6.30. The first kappa shape index (κ1) is 15.5. The van der Waals surface area contributed by atoms with E-state index in [1.807, 2.05) is 23.1 Å². The lowest BCUT2D eigenvalue weighted by Gasteiger charge is -2.22. The van der Waals surface area contributed by atoms with Gasteiger partial charge in [0.15, 0.2) is 0 Å². The van der Waals surface area contributed by atoms with E-state index < -0.39 is 0 Å². The van der Waals surface area contributed by atoms with Crippen LogP contribution in [0.3, 0.4) is 0 Å². The molecule has 0 saturated heterocycles. The van der Waals surface area contributed by atoms with Crippen molar-refractivity contribution in [1.29, 1.82) is 0 Å². The van der Waals surface area contributed by atoms with Gasteiger partial charge in [-0.15, -0.1) is 0 Å². The van der Waals surface area contributed by atoms with E-state index >= 15 is 0 Å². The zero-order chi connectivity index (χ0) is 15.1. The highest BCUT2D eigenvalue weighted by atomic mass is 35.5. The first-order valence-corrected chi connectivity index (χ1v) is 7.53. The molecule has 0 atom stereocenters. The highest BCUT2D eigenvalue weighted by Crippen LogP contribution is 2.12. The molecule has 0 radical (unpaired) electrons. The fourth-order valence-electron chi connectivity index (χ4n) is 2.16. The molecule has 4 heteroatoms. The van der Waals surface area contributed by atoms with Gasteiger partial charge in [-0.2, -0.15) is 0 Å². The molecule has 0 spiro atoms. The third-order valence-corrected chi connectivity index (χ3v) is 3.49. The van der Waals surface area contributed by atoms with E-state index in [1.54, 1.807) is 30.5 Å². The van der Waals surface area contributed by atoms with Crippen LogP contribution in [0.5, 0.6) is 0 Å². The molecule has 3 nitrogen and oxygen atoms in total. The maximum atomic E-state index is 12.5. The van der Waals surface area contributed by atoms with E-state index in [0.717, 1.165) is 25.1 Å². The normalized spacial score (nSPS) is 10.4. The summed E-state index contributed by atoms with van der Waals surface area (Å²) in [4.78, 5) is 18.7. The number of nitrogens with zero attached hydrogens (tertiary/aromatic N) is 2.